The molecule has 0 radical (unpaired) electrons. The Labute approximate surface area is 230 Å². The lowest BCUT2D eigenvalue weighted by Gasteiger charge is -2.49. The minimum Gasteiger partial charge on any atom is -0.394 e. The van der Waals surface area contributed by atoms with Crippen LogP contribution in [0.1, 0.15) is 22.8 Å². The number of nitrogens with one attached hydrogen (secondary N) is 1. The van der Waals surface area contributed by atoms with Crippen LogP contribution < -0.4 is 5.32 Å². The smallest absolute Gasteiger partial charge is 0.252 e. The fraction of sp³-hybridized carbons (Fsp3) is 0.333. The van der Waals surface area contributed by atoms with E-state index in [0.717, 1.165) is 16.8 Å². The number of halogens is 3. The van der Waals surface area contributed by atoms with Crippen LogP contribution in [0.3, 0.4) is 0 Å². The van der Waals surface area contributed by atoms with Crippen LogP contribution in [-0.4, -0.2) is 84.6 Å². The number of carbonyl (C=O) groups excluding carboxylic acids is 1. The molecular formula is C27H24F3N5O6. The molecule has 4 heterocycles. The Morgan fingerprint density at radius 2 is 1.90 bits per heavy atom. The van der Waals surface area contributed by atoms with Gasteiger partial charge in [-0.05, 0) is 30.7 Å². The van der Waals surface area contributed by atoms with Gasteiger partial charge >= 0.3 is 0 Å². The highest BCUT2D eigenvalue weighted by Gasteiger charge is 2.62. The topological polar surface area (TPSA) is 152 Å². The zero-order valence-corrected chi connectivity index (χ0v) is 21.2. The van der Waals surface area contributed by atoms with Crippen LogP contribution in [0.25, 0.3) is 22.2 Å². The Bertz CT molecular complexity index is 1590. The van der Waals surface area contributed by atoms with Gasteiger partial charge in [0.1, 0.15) is 30.0 Å². The fourth-order valence-electron chi connectivity index (χ4n) is 5.47. The molecule has 1 amide bonds. The lowest BCUT2D eigenvalue weighted by atomic mass is 9.86. The van der Waals surface area contributed by atoms with E-state index in [1.165, 1.54) is 12.4 Å². The number of aliphatic hydroxyl groups excluding tert-OH is 3. The number of aromatic nitrogens is 4. The monoisotopic (exact) mass is 571 g/mol. The molecule has 0 aliphatic carbocycles. The molecule has 2 aliphatic rings. The third-order valence-corrected chi connectivity index (χ3v) is 7.50. The number of ether oxygens (including phenoxy) is 2. The first-order valence-corrected chi connectivity index (χ1v) is 12.7. The van der Waals surface area contributed by atoms with Crippen LogP contribution in [-0.2, 0) is 9.47 Å². The molecule has 2 aliphatic heterocycles. The van der Waals surface area contributed by atoms with Crippen molar-refractivity contribution >= 4 is 16.8 Å². The molecule has 6 atom stereocenters. The summed E-state index contributed by atoms with van der Waals surface area (Å²) in [5, 5.41) is 43.8. The minimum atomic E-state index is -1.91. The van der Waals surface area contributed by atoms with Crippen molar-refractivity contribution in [2.24, 2.45) is 0 Å². The summed E-state index contributed by atoms with van der Waals surface area (Å²) in [6.07, 6.45) is -1.57. The van der Waals surface area contributed by atoms with Gasteiger partial charge in [0.25, 0.3) is 5.91 Å². The molecular weight excluding hydrogens is 547 g/mol. The molecule has 0 bridgehead atoms. The first-order chi connectivity index (χ1) is 19.7. The number of fused-ring (bicyclic) bond motifs is 1. The zero-order valence-electron chi connectivity index (χ0n) is 21.2. The number of amides is 1. The second kappa shape index (κ2) is 10.5. The lowest BCUT2D eigenvalue weighted by Crippen LogP contribution is -2.69. The molecule has 4 N–H and O–H groups in total. The molecule has 214 valence electrons. The van der Waals surface area contributed by atoms with E-state index in [1.807, 2.05) is 0 Å². The molecule has 41 heavy (non-hydrogen) atoms. The first kappa shape index (κ1) is 27.2. The normalized spacial score (nSPS) is 27.9. The Morgan fingerprint density at radius 3 is 2.66 bits per heavy atom. The van der Waals surface area contributed by atoms with Crippen molar-refractivity contribution in [3.8, 4) is 11.3 Å². The van der Waals surface area contributed by atoms with E-state index in [0.29, 0.717) is 16.5 Å². The van der Waals surface area contributed by atoms with E-state index >= 15 is 0 Å². The van der Waals surface area contributed by atoms with E-state index in [-0.39, 0.29) is 24.3 Å². The van der Waals surface area contributed by atoms with Crippen molar-refractivity contribution in [3.63, 3.8) is 0 Å². The van der Waals surface area contributed by atoms with E-state index in [2.05, 4.69) is 20.6 Å². The number of para-hydroxylation sites is 1. The Morgan fingerprint density at radius 1 is 1.15 bits per heavy atom. The number of pyridine rings is 1. The highest BCUT2D eigenvalue weighted by atomic mass is 19.2. The number of hydrogen-bond donors (Lipinski definition) is 4. The Kier molecular flexibility index (Phi) is 6.95. The quantitative estimate of drug-likeness (QED) is 0.261. The molecule has 11 nitrogen and oxygen atoms in total. The second-order valence-electron chi connectivity index (χ2n) is 9.86. The van der Waals surface area contributed by atoms with Crippen LogP contribution in [0.2, 0.25) is 0 Å². The summed E-state index contributed by atoms with van der Waals surface area (Å²) >= 11 is 0. The maximum Gasteiger partial charge on any atom is 0.252 e. The molecule has 2 fully saturated rings. The van der Waals surface area contributed by atoms with Gasteiger partial charge < -0.3 is 30.1 Å². The molecule has 2 saturated heterocycles. The average Bonchev–Trinajstić information content (AvgIpc) is 3.61. The van der Waals surface area contributed by atoms with Crippen LogP contribution in [0, 0.1) is 17.5 Å². The number of rotatable bonds is 5. The maximum absolute atomic E-state index is 13.8. The average molecular weight is 572 g/mol. The standard InChI is InChI=1S/C27H24F3N5O6/c28-16-9-13(10-17(29)22(16)30)19-11-35(34-33-19)23-24(37)20(12-36)41-27(25(23)38)21(6-8-40-27)32-26(39)15-5-7-31-18-4-2-1-3-14(15)18/h1-5,7,9-11,20-21,23-25,36-38H,6,8,12H2,(H,32,39)/t20-,21-,23+,24+,25-,27+/m1/s1. The number of hydrogen-bond acceptors (Lipinski definition) is 9. The van der Waals surface area contributed by atoms with Gasteiger partial charge in [0.05, 0.1) is 36.5 Å². The van der Waals surface area contributed by atoms with Crippen LogP contribution in [0.4, 0.5) is 13.2 Å². The molecule has 6 rings (SSSR count). The van der Waals surface area contributed by atoms with E-state index in [4.69, 9.17) is 9.47 Å². The maximum atomic E-state index is 13.8. The lowest BCUT2D eigenvalue weighted by molar-refractivity contribution is -0.344. The van der Waals surface area contributed by atoms with Gasteiger partial charge in [-0.2, -0.15) is 0 Å². The predicted molar refractivity (Wildman–Crippen MR) is 135 cm³/mol. The zero-order chi connectivity index (χ0) is 28.9. The highest BCUT2D eigenvalue weighted by Crippen LogP contribution is 2.43. The second-order valence-corrected chi connectivity index (χ2v) is 9.86. The van der Waals surface area contributed by atoms with Crippen LogP contribution >= 0.6 is 0 Å². The van der Waals surface area contributed by atoms with Crippen LogP contribution in [0.15, 0.2) is 54.9 Å². The van der Waals surface area contributed by atoms with Gasteiger partial charge in [-0.15, -0.1) is 5.10 Å². The summed E-state index contributed by atoms with van der Waals surface area (Å²) in [4.78, 5) is 17.7. The SMILES string of the molecule is O=C(N[C@@H]1CCO[C@]12O[C@H](CO)[C@H](O)[C@H](n1cc(-c3cc(F)c(F)c(F)c3)nn1)[C@H]2O)c1ccnc2ccccc12. The van der Waals surface area contributed by atoms with E-state index in [1.54, 1.807) is 30.3 Å². The number of nitrogens with zero attached hydrogens (tertiary/aromatic N) is 4. The largest absolute Gasteiger partial charge is 0.394 e. The Hall–Kier alpha value is -3.95. The van der Waals surface area contributed by atoms with Gasteiger partial charge in [-0.3, -0.25) is 9.78 Å². The molecule has 4 aromatic rings. The van der Waals surface area contributed by atoms with E-state index in [9.17, 15) is 33.3 Å². The van der Waals surface area contributed by atoms with Crippen molar-refractivity contribution < 1.29 is 42.8 Å². The molecule has 0 unspecified atom stereocenters. The van der Waals surface area contributed by atoms with Gasteiger partial charge in [-0.1, -0.05) is 23.4 Å². The van der Waals surface area contributed by atoms with Crippen molar-refractivity contribution in [1.82, 2.24) is 25.3 Å². The van der Waals surface area contributed by atoms with Crippen LogP contribution in [0.5, 0.6) is 0 Å². The summed E-state index contributed by atoms with van der Waals surface area (Å²) in [6.45, 7) is -0.613. The molecule has 14 heteroatoms. The van der Waals surface area contributed by atoms with Gasteiger partial charge in [0, 0.05) is 17.1 Å². The first-order valence-electron chi connectivity index (χ1n) is 12.7. The number of benzene rings is 2. The van der Waals surface area contributed by atoms with Crippen molar-refractivity contribution in [3.05, 3.63) is 77.9 Å². The van der Waals surface area contributed by atoms with Crippen molar-refractivity contribution in [2.75, 3.05) is 13.2 Å². The Balaban J connectivity index is 1.33. The van der Waals surface area contributed by atoms with Gasteiger partial charge in [0.2, 0.25) is 5.79 Å². The van der Waals surface area contributed by atoms with Crippen molar-refractivity contribution in [1.29, 1.82) is 0 Å². The minimum absolute atomic E-state index is 0.0663. The summed E-state index contributed by atoms with van der Waals surface area (Å²) in [5.74, 6) is -6.90. The molecule has 2 aromatic carbocycles. The molecule has 2 aromatic heterocycles. The summed E-state index contributed by atoms with van der Waals surface area (Å²) < 4.78 is 53.9. The van der Waals surface area contributed by atoms with E-state index < -0.39 is 66.1 Å². The van der Waals surface area contributed by atoms with Gasteiger partial charge in [0.15, 0.2) is 17.5 Å². The third-order valence-electron chi connectivity index (χ3n) is 7.50. The fourth-order valence-corrected chi connectivity index (χ4v) is 5.47. The highest BCUT2D eigenvalue weighted by molar-refractivity contribution is 6.06. The number of carbonyl (C=O) groups is 1. The molecule has 0 saturated carbocycles. The molecule has 1 spiro atoms. The third kappa shape index (κ3) is 4.53. The van der Waals surface area contributed by atoms with Crippen molar-refractivity contribution in [2.45, 2.75) is 42.6 Å². The summed E-state index contributed by atoms with van der Waals surface area (Å²) in [5.41, 5.74) is 0.727. The predicted octanol–water partition coefficient (Wildman–Crippen LogP) is 1.48. The summed E-state index contributed by atoms with van der Waals surface area (Å²) in [7, 11) is 0. The summed E-state index contributed by atoms with van der Waals surface area (Å²) in [6, 6.07) is 7.83. The number of aliphatic hydroxyl groups is 3. The van der Waals surface area contributed by atoms with Gasteiger partial charge in [-0.25, -0.2) is 17.9 Å².